The fourth-order valence-electron chi connectivity index (χ4n) is 1.76. The second-order valence-corrected chi connectivity index (χ2v) is 4.48. The maximum absolute atomic E-state index is 11.5. The fourth-order valence-corrected chi connectivity index (χ4v) is 1.76. The van der Waals surface area contributed by atoms with Crippen LogP contribution in [0.25, 0.3) is 0 Å². The predicted octanol–water partition coefficient (Wildman–Crippen LogP) is 0.622. The highest BCUT2D eigenvalue weighted by atomic mass is 16.4. The van der Waals surface area contributed by atoms with E-state index in [1.54, 1.807) is 0 Å². The van der Waals surface area contributed by atoms with Crippen LogP contribution in [0.1, 0.15) is 26.2 Å². The van der Waals surface area contributed by atoms with Gasteiger partial charge in [0.05, 0.1) is 0 Å². The van der Waals surface area contributed by atoms with Gasteiger partial charge in [-0.2, -0.15) is 0 Å². The number of nitrogens with one attached hydrogen (secondary N) is 1. The van der Waals surface area contributed by atoms with Gasteiger partial charge in [0, 0.05) is 5.92 Å². The zero-order valence-electron chi connectivity index (χ0n) is 8.19. The van der Waals surface area contributed by atoms with E-state index in [4.69, 9.17) is 5.11 Å². The molecule has 78 valence electrons. The summed E-state index contributed by atoms with van der Waals surface area (Å²) in [5.41, 5.74) is 0. The Morgan fingerprint density at radius 1 is 1.43 bits per heavy atom. The maximum Gasteiger partial charge on any atom is 0.326 e. The molecule has 0 aromatic rings. The average molecular weight is 197 g/mol. The van der Waals surface area contributed by atoms with Crippen LogP contribution < -0.4 is 5.32 Å². The largest absolute Gasteiger partial charge is 0.480 e. The Balaban J connectivity index is 1.87. The van der Waals surface area contributed by atoms with Gasteiger partial charge < -0.3 is 10.4 Å². The third-order valence-corrected chi connectivity index (χ3v) is 3.10. The molecule has 3 unspecified atom stereocenters. The summed E-state index contributed by atoms with van der Waals surface area (Å²) in [6.07, 6.45) is 2.76. The maximum atomic E-state index is 11.5. The molecule has 0 aliphatic heterocycles. The molecule has 0 bridgehead atoms. The molecule has 2 fully saturated rings. The molecule has 0 spiro atoms. The van der Waals surface area contributed by atoms with E-state index in [2.05, 4.69) is 5.32 Å². The van der Waals surface area contributed by atoms with Crippen molar-refractivity contribution in [2.75, 3.05) is 0 Å². The third kappa shape index (κ3) is 1.89. The number of aliphatic carboxylic acids is 1. The van der Waals surface area contributed by atoms with Crippen molar-refractivity contribution in [3.63, 3.8) is 0 Å². The highest BCUT2D eigenvalue weighted by Gasteiger charge is 2.43. The number of carboxylic acid groups (broad SMARTS) is 1. The molecular formula is C10H15NO3. The number of hydrogen-bond acceptors (Lipinski definition) is 2. The summed E-state index contributed by atoms with van der Waals surface area (Å²) in [6, 6.07) is -0.643. The monoisotopic (exact) mass is 197 g/mol. The van der Waals surface area contributed by atoms with Crippen LogP contribution in [0.3, 0.4) is 0 Å². The summed E-state index contributed by atoms with van der Waals surface area (Å²) in [4.78, 5) is 22.3. The topological polar surface area (TPSA) is 66.4 Å². The van der Waals surface area contributed by atoms with Gasteiger partial charge in [0.15, 0.2) is 0 Å². The smallest absolute Gasteiger partial charge is 0.326 e. The molecule has 0 saturated heterocycles. The molecule has 4 nitrogen and oxygen atoms in total. The molecule has 0 radical (unpaired) electrons. The van der Waals surface area contributed by atoms with Crippen LogP contribution in [0, 0.1) is 17.8 Å². The van der Waals surface area contributed by atoms with E-state index in [0.717, 1.165) is 19.3 Å². The third-order valence-electron chi connectivity index (χ3n) is 3.10. The Morgan fingerprint density at radius 2 is 2.00 bits per heavy atom. The van der Waals surface area contributed by atoms with Crippen LogP contribution in [0.4, 0.5) is 0 Å². The number of carbonyl (C=O) groups is 2. The Bertz CT molecular complexity index is 273. The van der Waals surface area contributed by atoms with Gasteiger partial charge in [-0.15, -0.1) is 0 Å². The molecule has 3 atom stereocenters. The Labute approximate surface area is 82.7 Å². The number of amides is 1. The van der Waals surface area contributed by atoms with Crippen LogP contribution in [0.2, 0.25) is 0 Å². The van der Waals surface area contributed by atoms with Gasteiger partial charge in [-0.05, 0) is 31.1 Å². The van der Waals surface area contributed by atoms with E-state index in [9.17, 15) is 9.59 Å². The Hall–Kier alpha value is -1.06. The van der Waals surface area contributed by atoms with Gasteiger partial charge in [0.2, 0.25) is 5.91 Å². The SMILES string of the molecule is CC1CC1C(=O)NC(C(=O)O)C1CC1. The van der Waals surface area contributed by atoms with Crippen LogP contribution in [-0.4, -0.2) is 23.0 Å². The molecule has 4 heteroatoms. The Morgan fingerprint density at radius 3 is 2.36 bits per heavy atom. The van der Waals surface area contributed by atoms with Gasteiger partial charge in [-0.1, -0.05) is 6.92 Å². The lowest BCUT2D eigenvalue weighted by atomic mass is 10.2. The van der Waals surface area contributed by atoms with Gasteiger partial charge in [0.25, 0.3) is 0 Å². The first-order valence-corrected chi connectivity index (χ1v) is 5.12. The second-order valence-electron chi connectivity index (χ2n) is 4.48. The number of carbonyl (C=O) groups excluding carboxylic acids is 1. The van der Waals surface area contributed by atoms with Crippen LogP contribution in [0.15, 0.2) is 0 Å². The van der Waals surface area contributed by atoms with Crippen molar-refractivity contribution in [1.82, 2.24) is 5.32 Å². The van der Waals surface area contributed by atoms with Crippen molar-refractivity contribution in [3.8, 4) is 0 Å². The zero-order chi connectivity index (χ0) is 10.3. The van der Waals surface area contributed by atoms with Crippen molar-refractivity contribution >= 4 is 11.9 Å². The summed E-state index contributed by atoms with van der Waals surface area (Å²) < 4.78 is 0. The quantitative estimate of drug-likeness (QED) is 0.694. The lowest BCUT2D eigenvalue weighted by molar-refractivity contribution is -0.142. The van der Waals surface area contributed by atoms with E-state index in [0.29, 0.717) is 5.92 Å². The Kier molecular flexibility index (Phi) is 2.21. The molecular weight excluding hydrogens is 182 g/mol. The molecule has 2 N–H and O–H groups in total. The van der Waals surface area contributed by atoms with Crippen molar-refractivity contribution in [2.24, 2.45) is 17.8 Å². The molecule has 2 aliphatic rings. The summed E-state index contributed by atoms with van der Waals surface area (Å²) in [7, 11) is 0. The normalized spacial score (nSPS) is 32.1. The van der Waals surface area contributed by atoms with Gasteiger partial charge >= 0.3 is 5.97 Å². The summed E-state index contributed by atoms with van der Waals surface area (Å²) in [5.74, 6) is -0.296. The minimum atomic E-state index is -0.894. The molecule has 2 aliphatic carbocycles. The van der Waals surface area contributed by atoms with E-state index >= 15 is 0 Å². The molecule has 2 saturated carbocycles. The number of carboxylic acids is 1. The number of hydrogen-bond donors (Lipinski definition) is 2. The van der Waals surface area contributed by atoms with E-state index in [-0.39, 0.29) is 17.7 Å². The molecule has 0 heterocycles. The fraction of sp³-hybridized carbons (Fsp3) is 0.800. The van der Waals surface area contributed by atoms with Crippen LogP contribution in [-0.2, 0) is 9.59 Å². The lowest BCUT2D eigenvalue weighted by Crippen LogP contribution is -2.43. The minimum Gasteiger partial charge on any atom is -0.480 e. The van der Waals surface area contributed by atoms with Gasteiger partial charge in [-0.25, -0.2) is 4.79 Å². The molecule has 14 heavy (non-hydrogen) atoms. The van der Waals surface area contributed by atoms with Crippen LogP contribution >= 0.6 is 0 Å². The van der Waals surface area contributed by atoms with Crippen molar-refractivity contribution in [2.45, 2.75) is 32.2 Å². The summed E-state index contributed by atoms with van der Waals surface area (Å²) >= 11 is 0. The standard InChI is InChI=1S/C10H15NO3/c1-5-4-7(5)9(12)11-8(10(13)14)6-2-3-6/h5-8H,2-4H2,1H3,(H,11,12)(H,13,14). The van der Waals surface area contributed by atoms with Gasteiger partial charge in [0.1, 0.15) is 6.04 Å². The average Bonchev–Trinajstić information content (AvgIpc) is 2.93. The lowest BCUT2D eigenvalue weighted by Gasteiger charge is -2.12. The zero-order valence-corrected chi connectivity index (χ0v) is 8.19. The van der Waals surface area contributed by atoms with Crippen molar-refractivity contribution < 1.29 is 14.7 Å². The van der Waals surface area contributed by atoms with E-state index in [1.165, 1.54) is 0 Å². The molecule has 1 amide bonds. The molecule has 0 aromatic carbocycles. The summed E-state index contributed by atoms with van der Waals surface area (Å²) in [5, 5.41) is 11.5. The predicted molar refractivity (Wildman–Crippen MR) is 49.6 cm³/mol. The first-order valence-electron chi connectivity index (χ1n) is 5.12. The van der Waals surface area contributed by atoms with Crippen molar-refractivity contribution in [3.05, 3.63) is 0 Å². The highest BCUT2D eigenvalue weighted by molar-refractivity contribution is 5.87. The van der Waals surface area contributed by atoms with E-state index in [1.807, 2.05) is 6.92 Å². The van der Waals surface area contributed by atoms with Crippen molar-refractivity contribution in [1.29, 1.82) is 0 Å². The number of rotatable bonds is 4. The highest BCUT2D eigenvalue weighted by Crippen LogP contribution is 2.39. The first-order chi connectivity index (χ1) is 6.59. The minimum absolute atomic E-state index is 0.0654. The van der Waals surface area contributed by atoms with Crippen LogP contribution in [0.5, 0.6) is 0 Å². The molecule has 0 aromatic heterocycles. The second kappa shape index (κ2) is 3.26. The summed E-state index contributed by atoms with van der Waals surface area (Å²) in [6.45, 7) is 2.01. The first kappa shape index (κ1) is 9.49. The van der Waals surface area contributed by atoms with E-state index < -0.39 is 12.0 Å². The molecule has 2 rings (SSSR count). The van der Waals surface area contributed by atoms with Gasteiger partial charge in [-0.3, -0.25) is 4.79 Å².